The van der Waals surface area contributed by atoms with Gasteiger partial charge in [-0.2, -0.15) is 5.10 Å². The third kappa shape index (κ3) is 3.41. The fourth-order valence-electron chi connectivity index (χ4n) is 2.28. The van der Waals surface area contributed by atoms with Gasteiger partial charge in [-0.1, -0.05) is 31.5 Å². The molecule has 2 aromatic rings. The van der Waals surface area contributed by atoms with E-state index in [9.17, 15) is 0 Å². The average molecular weight is 292 g/mol. The van der Waals surface area contributed by atoms with Crippen LogP contribution >= 0.6 is 11.6 Å². The number of nitrogens with one attached hydrogen (secondary N) is 1. The van der Waals surface area contributed by atoms with Gasteiger partial charge in [0.2, 0.25) is 0 Å². The van der Waals surface area contributed by atoms with Crippen LogP contribution in [-0.4, -0.2) is 16.3 Å². The van der Waals surface area contributed by atoms with E-state index in [4.69, 9.17) is 11.6 Å². The molecule has 0 radical (unpaired) electrons. The molecule has 0 atom stereocenters. The predicted octanol–water partition coefficient (Wildman–Crippen LogP) is 4.03. The zero-order valence-corrected chi connectivity index (χ0v) is 13.2. The molecule has 0 amide bonds. The molecule has 0 saturated heterocycles. The van der Waals surface area contributed by atoms with E-state index in [1.807, 2.05) is 10.7 Å². The molecule has 0 aliphatic heterocycles. The molecular weight excluding hydrogens is 270 g/mol. The molecule has 4 heteroatoms. The summed E-state index contributed by atoms with van der Waals surface area (Å²) in [5.74, 6) is 0. The molecule has 2 rings (SSSR count). The molecule has 1 N–H and O–H groups in total. The van der Waals surface area contributed by atoms with Crippen LogP contribution in [0.5, 0.6) is 0 Å². The standard InChI is InChI=1S/C16H22ClN3/c1-4-8-20-11-15(12(3)19-20)13-6-7-16(17)14(9-13)10-18-5-2/h6-7,9,11,18H,4-5,8,10H2,1-3H3. The zero-order valence-electron chi connectivity index (χ0n) is 12.4. The summed E-state index contributed by atoms with van der Waals surface area (Å²) in [5.41, 5.74) is 4.57. The van der Waals surface area contributed by atoms with E-state index < -0.39 is 0 Å². The van der Waals surface area contributed by atoms with E-state index in [0.29, 0.717) is 0 Å². The number of halogens is 1. The highest BCUT2D eigenvalue weighted by molar-refractivity contribution is 6.31. The van der Waals surface area contributed by atoms with E-state index in [2.05, 4.69) is 49.5 Å². The first-order valence-electron chi connectivity index (χ1n) is 7.19. The highest BCUT2D eigenvalue weighted by Gasteiger charge is 2.09. The van der Waals surface area contributed by atoms with Crippen LogP contribution in [-0.2, 0) is 13.1 Å². The predicted molar refractivity (Wildman–Crippen MR) is 85.1 cm³/mol. The highest BCUT2D eigenvalue weighted by atomic mass is 35.5. The fourth-order valence-corrected chi connectivity index (χ4v) is 2.47. The minimum atomic E-state index is 0.797. The van der Waals surface area contributed by atoms with Crippen LogP contribution in [0.2, 0.25) is 5.02 Å². The Kier molecular flexibility index (Phi) is 5.21. The maximum atomic E-state index is 6.25. The number of aromatic nitrogens is 2. The van der Waals surface area contributed by atoms with Gasteiger partial charge in [-0.15, -0.1) is 0 Å². The normalized spacial score (nSPS) is 11.0. The summed E-state index contributed by atoms with van der Waals surface area (Å²) in [6.45, 7) is 9.00. The summed E-state index contributed by atoms with van der Waals surface area (Å²) in [6, 6.07) is 6.20. The van der Waals surface area contributed by atoms with Gasteiger partial charge in [0.1, 0.15) is 0 Å². The SMILES string of the molecule is CCCn1cc(-c2ccc(Cl)c(CNCC)c2)c(C)n1. The Labute approximate surface area is 126 Å². The molecule has 1 aromatic carbocycles. The lowest BCUT2D eigenvalue weighted by Gasteiger charge is -2.07. The lowest BCUT2D eigenvalue weighted by molar-refractivity contribution is 0.598. The minimum Gasteiger partial charge on any atom is -0.313 e. The molecule has 0 unspecified atom stereocenters. The summed E-state index contributed by atoms with van der Waals surface area (Å²) in [4.78, 5) is 0. The van der Waals surface area contributed by atoms with Gasteiger partial charge in [0.05, 0.1) is 5.69 Å². The number of aryl methyl sites for hydroxylation is 2. The molecule has 3 nitrogen and oxygen atoms in total. The monoisotopic (exact) mass is 291 g/mol. The van der Waals surface area contributed by atoms with Crippen molar-refractivity contribution in [2.75, 3.05) is 6.54 Å². The third-order valence-corrected chi connectivity index (χ3v) is 3.69. The molecule has 108 valence electrons. The smallest absolute Gasteiger partial charge is 0.0672 e. The van der Waals surface area contributed by atoms with Gasteiger partial charge in [-0.3, -0.25) is 4.68 Å². The molecule has 0 aliphatic rings. The van der Waals surface area contributed by atoms with Crippen LogP contribution in [0.25, 0.3) is 11.1 Å². The first kappa shape index (κ1) is 15.1. The molecular formula is C16H22ClN3. The maximum absolute atomic E-state index is 6.25. The lowest BCUT2D eigenvalue weighted by Crippen LogP contribution is -2.12. The summed E-state index contributed by atoms with van der Waals surface area (Å²) in [7, 11) is 0. The van der Waals surface area contributed by atoms with E-state index in [1.54, 1.807) is 0 Å². The van der Waals surface area contributed by atoms with Gasteiger partial charge in [-0.05, 0) is 43.1 Å². The highest BCUT2D eigenvalue weighted by Crippen LogP contribution is 2.27. The Hall–Kier alpha value is -1.32. The summed E-state index contributed by atoms with van der Waals surface area (Å²) in [6.07, 6.45) is 3.21. The second kappa shape index (κ2) is 6.91. The Balaban J connectivity index is 2.32. The third-order valence-electron chi connectivity index (χ3n) is 3.32. The Bertz CT molecular complexity index is 575. The van der Waals surface area contributed by atoms with Crippen molar-refractivity contribution in [1.29, 1.82) is 0 Å². The Morgan fingerprint density at radius 3 is 2.80 bits per heavy atom. The first-order chi connectivity index (χ1) is 9.65. The molecule has 1 aromatic heterocycles. The second-order valence-corrected chi connectivity index (χ2v) is 5.38. The molecule has 0 fully saturated rings. The fraction of sp³-hybridized carbons (Fsp3) is 0.438. The van der Waals surface area contributed by atoms with Crippen LogP contribution in [0, 0.1) is 6.92 Å². The molecule has 0 spiro atoms. The van der Waals surface area contributed by atoms with Crippen LogP contribution in [0.4, 0.5) is 0 Å². The van der Waals surface area contributed by atoms with Crippen LogP contribution in [0.15, 0.2) is 24.4 Å². The molecule has 20 heavy (non-hydrogen) atoms. The van der Waals surface area contributed by atoms with Gasteiger partial charge in [0, 0.05) is 29.9 Å². The first-order valence-corrected chi connectivity index (χ1v) is 7.57. The Morgan fingerprint density at radius 1 is 1.30 bits per heavy atom. The number of hydrogen-bond donors (Lipinski definition) is 1. The summed E-state index contributed by atoms with van der Waals surface area (Å²) >= 11 is 6.25. The van der Waals surface area contributed by atoms with Crippen molar-refractivity contribution in [3.8, 4) is 11.1 Å². The van der Waals surface area contributed by atoms with Crippen LogP contribution in [0.3, 0.4) is 0 Å². The van der Waals surface area contributed by atoms with Crippen molar-refractivity contribution in [2.24, 2.45) is 0 Å². The topological polar surface area (TPSA) is 29.9 Å². The van der Waals surface area contributed by atoms with Crippen LogP contribution in [0.1, 0.15) is 31.5 Å². The van der Waals surface area contributed by atoms with Crippen LogP contribution < -0.4 is 5.32 Å². The van der Waals surface area contributed by atoms with E-state index in [1.165, 1.54) is 11.1 Å². The minimum absolute atomic E-state index is 0.797. The van der Waals surface area contributed by atoms with Gasteiger partial charge in [0.15, 0.2) is 0 Å². The quantitative estimate of drug-likeness (QED) is 0.871. The van der Waals surface area contributed by atoms with Gasteiger partial charge in [-0.25, -0.2) is 0 Å². The number of nitrogens with zero attached hydrogens (tertiary/aromatic N) is 2. The number of rotatable bonds is 6. The summed E-state index contributed by atoms with van der Waals surface area (Å²) in [5, 5.41) is 8.69. The number of hydrogen-bond acceptors (Lipinski definition) is 2. The molecule has 0 bridgehead atoms. The van der Waals surface area contributed by atoms with E-state index >= 15 is 0 Å². The van der Waals surface area contributed by atoms with Crippen molar-refractivity contribution in [2.45, 2.75) is 40.3 Å². The van der Waals surface area contributed by atoms with Gasteiger partial charge < -0.3 is 5.32 Å². The van der Waals surface area contributed by atoms with E-state index in [-0.39, 0.29) is 0 Å². The van der Waals surface area contributed by atoms with Crippen molar-refractivity contribution in [1.82, 2.24) is 15.1 Å². The Morgan fingerprint density at radius 2 is 2.10 bits per heavy atom. The average Bonchev–Trinajstić information content (AvgIpc) is 2.79. The van der Waals surface area contributed by atoms with Crippen molar-refractivity contribution < 1.29 is 0 Å². The maximum Gasteiger partial charge on any atom is 0.0672 e. The van der Waals surface area contributed by atoms with Gasteiger partial charge in [0.25, 0.3) is 0 Å². The summed E-state index contributed by atoms with van der Waals surface area (Å²) < 4.78 is 2.02. The molecule has 1 heterocycles. The zero-order chi connectivity index (χ0) is 14.5. The second-order valence-electron chi connectivity index (χ2n) is 4.98. The largest absolute Gasteiger partial charge is 0.313 e. The molecule has 0 saturated carbocycles. The van der Waals surface area contributed by atoms with Gasteiger partial charge >= 0.3 is 0 Å². The lowest BCUT2D eigenvalue weighted by atomic mass is 10.0. The van der Waals surface area contributed by atoms with Crippen molar-refractivity contribution in [3.05, 3.63) is 40.7 Å². The van der Waals surface area contributed by atoms with E-state index in [0.717, 1.165) is 42.3 Å². The van der Waals surface area contributed by atoms with Crippen molar-refractivity contribution in [3.63, 3.8) is 0 Å². The van der Waals surface area contributed by atoms with Crippen molar-refractivity contribution >= 4 is 11.6 Å². The number of benzene rings is 1. The molecule has 0 aliphatic carbocycles.